The zero-order valence-corrected chi connectivity index (χ0v) is 11.6. The van der Waals surface area contributed by atoms with Gasteiger partial charge in [0.1, 0.15) is 5.75 Å². The van der Waals surface area contributed by atoms with Crippen molar-refractivity contribution in [3.63, 3.8) is 0 Å². The van der Waals surface area contributed by atoms with Crippen LogP contribution < -0.4 is 5.73 Å². The van der Waals surface area contributed by atoms with Gasteiger partial charge in [-0.2, -0.15) is 0 Å². The Morgan fingerprint density at radius 3 is 2.79 bits per heavy atom. The van der Waals surface area contributed by atoms with Crippen LogP contribution in [0.5, 0.6) is 5.75 Å². The zero-order chi connectivity index (χ0) is 14.0. The molecular weight excluding hydrogens is 242 g/mol. The van der Waals surface area contributed by atoms with Crippen LogP contribution in [-0.4, -0.2) is 59.3 Å². The van der Waals surface area contributed by atoms with Gasteiger partial charge in [-0.05, 0) is 38.2 Å². The van der Waals surface area contributed by atoms with Crippen molar-refractivity contribution >= 4 is 5.69 Å². The number of likely N-dealkylation sites (N-methyl/N-ethyl adjacent to an activating group) is 1. The highest BCUT2D eigenvalue weighted by Gasteiger charge is 2.30. The van der Waals surface area contributed by atoms with E-state index in [4.69, 9.17) is 5.73 Å². The second kappa shape index (κ2) is 5.77. The van der Waals surface area contributed by atoms with E-state index < -0.39 is 0 Å². The number of phenols is 1. The van der Waals surface area contributed by atoms with Gasteiger partial charge in [-0.1, -0.05) is 6.07 Å². The Labute approximate surface area is 114 Å². The highest BCUT2D eigenvalue weighted by atomic mass is 16.3. The van der Waals surface area contributed by atoms with E-state index in [2.05, 4.69) is 9.80 Å². The van der Waals surface area contributed by atoms with Gasteiger partial charge in [-0.3, -0.25) is 4.90 Å². The monoisotopic (exact) mass is 265 g/mol. The number of aliphatic hydroxyl groups is 1. The molecule has 0 amide bonds. The first-order valence-electron chi connectivity index (χ1n) is 6.60. The lowest BCUT2D eigenvalue weighted by molar-refractivity contribution is 0.169. The molecule has 1 aromatic rings. The summed E-state index contributed by atoms with van der Waals surface area (Å²) >= 11 is 0. The lowest BCUT2D eigenvalue weighted by Gasteiger charge is -2.26. The molecule has 1 saturated heterocycles. The van der Waals surface area contributed by atoms with Gasteiger partial charge in [0, 0.05) is 25.7 Å². The fraction of sp³-hybridized carbons (Fsp3) is 0.571. The maximum atomic E-state index is 9.83. The lowest BCUT2D eigenvalue weighted by Crippen LogP contribution is -2.37. The van der Waals surface area contributed by atoms with E-state index in [0.717, 1.165) is 25.1 Å². The molecule has 1 heterocycles. The molecule has 1 aliphatic heterocycles. The number of phenolic OH excluding ortho intramolecular Hbond substituents is 1. The number of hydrogen-bond donors (Lipinski definition) is 3. The molecule has 0 bridgehead atoms. The Balaban J connectivity index is 2.05. The number of rotatable bonds is 4. The molecule has 19 heavy (non-hydrogen) atoms. The van der Waals surface area contributed by atoms with Gasteiger partial charge in [0.25, 0.3) is 0 Å². The van der Waals surface area contributed by atoms with E-state index >= 15 is 0 Å². The standard InChI is InChI=1S/C14H23N3O2/c1-16(2)8-11-6-12(18)9-17(11)7-10-3-4-14(19)13(15)5-10/h3-5,11-12,18-19H,6-9,15H2,1-2H3. The summed E-state index contributed by atoms with van der Waals surface area (Å²) in [6.45, 7) is 2.38. The molecule has 5 heteroatoms. The first-order chi connectivity index (χ1) is 8.95. The topological polar surface area (TPSA) is 73.0 Å². The molecule has 2 rings (SSSR count). The van der Waals surface area contributed by atoms with E-state index in [1.807, 2.05) is 20.2 Å². The molecule has 1 aliphatic rings. The van der Waals surface area contributed by atoms with E-state index in [1.54, 1.807) is 12.1 Å². The zero-order valence-electron chi connectivity index (χ0n) is 11.6. The Kier molecular flexibility index (Phi) is 4.29. The van der Waals surface area contributed by atoms with Crippen molar-refractivity contribution in [3.8, 4) is 5.75 Å². The SMILES string of the molecule is CN(C)CC1CC(O)CN1Cc1ccc(O)c(N)c1. The van der Waals surface area contributed by atoms with Crippen LogP contribution in [0.15, 0.2) is 18.2 Å². The molecule has 0 spiro atoms. The van der Waals surface area contributed by atoms with Crippen LogP contribution in [0.25, 0.3) is 0 Å². The van der Waals surface area contributed by atoms with Crippen LogP contribution in [0.2, 0.25) is 0 Å². The van der Waals surface area contributed by atoms with Crippen molar-refractivity contribution in [2.24, 2.45) is 0 Å². The normalized spacial score (nSPS) is 24.2. The molecule has 2 unspecified atom stereocenters. The predicted molar refractivity (Wildman–Crippen MR) is 75.9 cm³/mol. The molecule has 1 aromatic carbocycles. The summed E-state index contributed by atoms with van der Waals surface area (Å²) in [4.78, 5) is 4.41. The average molecular weight is 265 g/mol. The summed E-state index contributed by atoms with van der Waals surface area (Å²) in [6.07, 6.45) is 0.561. The molecular formula is C14H23N3O2. The maximum absolute atomic E-state index is 9.83. The quantitative estimate of drug-likeness (QED) is 0.545. The molecule has 0 aliphatic carbocycles. The minimum Gasteiger partial charge on any atom is -0.506 e. The number of nitrogens with two attached hydrogens (primary N) is 1. The van der Waals surface area contributed by atoms with Crippen LogP contribution in [-0.2, 0) is 6.54 Å². The molecule has 2 atom stereocenters. The highest BCUT2D eigenvalue weighted by Crippen LogP contribution is 2.25. The Hall–Kier alpha value is -1.30. The third-order valence-corrected chi connectivity index (χ3v) is 3.56. The van der Waals surface area contributed by atoms with Gasteiger partial charge in [-0.15, -0.1) is 0 Å². The van der Waals surface area contributed by atoms with E-state index in [-0.39, 0.29) is 11.9 Å². The van der Waals surface area contributed by atoms with Gasteiger partial charge >= 0.3 is 0 Å². The van der Waals surface area contributed by atoms with E-state index in [1.165, 1.54) is 0 Å². The number of nitrogens with zero attached hydrogens (tertiary/aromatic N) is 2. The minimum absolute atomic E-state index is 0.120. The molecule has 4 N–H and O–H groups in total. The number of aliphatic hydroxyl groups excluding tert-OH is 1. The number of benzene rings is 1. The number of β-amino-alcohol motifs (C(OH)–C–C–N with tert-alkyl or cyclic N) is 1. The van der Waals surface area contributed by atoms with Crippen molar-refractivity contribution in [2.75, 3.05) is 32.9 Å². The van der Waals surface area contributed by atoms with E-state index in [0.29, 0.717) is 18.3 Å². The molecule has 0 aromatic heterocycles. The molecule has 5 nitrogen and oxygen atoms in total. The average Bonchev–Trinajstić information content (AvgIpc) is 2.63. The second-order valence-electron chi connectivity index (χ2n) is 5.63. The largest absolute Gasteiger partial charge is 0.506 e. The second-order valence-corrected chi connectivity index (χ2v) is 5.63. The summed E-state index contributed by atoms with van der Waals surface area (Å²) in [6, 6.07) is 5.66. The van der Waals surface area contributed by atoms with Crippen molar-refractivity contribution in [1.29, 1.82) is 0 Å². The number of hydrogen-bond acceptors (Lipinski definition) is 5. The van der Waals surface area contributed by atoms with Crippen molar-refractivity contribution in [3.05, 3.63) is 23.8 Å². The van der Waals surface area contributed by atoms with E-state index in [9.17, 15) is 10.2 Å². The number of aromatic hydroxyl groups is 1. The Bertz CT molecular complexity index is 437. The number of nitrogen functional groups attached to an aromatic ring is 1. The highest BCUT2D eigenvalue weighted by molar-refractivity contribution is 5.53. The summed E-state index contributed by atoms with van der Waals surface area (Å²) < 4.78 is 0. The van der Waals surface area contributed by atoms with Crippen LogP contribution in [0.3, 0.4) is 0 Å². The fourth-order valence-electron chi connectivity index (χ4n) is 2.70. The third-order valence-electron chi connectivity index (χ3n) is 3.56. The first-order valence-corrected chi connectivity index (χ1v) is 6.60. The van der Waals surface area contributed by atoms with Crippen molar-refractivity contribution in [1.82, 2.24) is 9.80 Å². The first kappa shape index (κ1) is 14.1. The van der Waals surface area contributed by atoms with Gasteiger partial charge < -0.3 is 20.8 Å². The van der Waals surface area contributed by atoms with Gasteiger partial charge in [0.2, 0.25) is 0 Å². The molecule has 1 fully saturated rings. The number of likely N-dealkylation sites (tertiary alicyclic amines) is 1. The lowest BCUT2D eigenvalue weighted by atomic mass is 10.1. The smallest absolute Gasteiger partial charge is 0.138 e. The van der Waals surface area contributed by atoms with Crippen molar-refractivity contribution < 1.29 is 10.2 Å². The van der Waals surface area contributed by atoms with Crippen LogP contribution in [0.4, 0.5) is 5.69 Å². The number of anilines is 1. The summed E-state index contributed by atoms with van der Waals surface area (Å²) in [7, 11) is 4.09. The summed E-state index contributed by atoms with van der Waals surface area (Å²) in [5.41, 5.74) is 7.18. The predicted octanol–water partition coefficient (Wildman–Crippen LogP) is 0.471. The minimum atomic E-state index is -0.251. The molecule has 0 saturated carbocycles. The van der Waals surface area contributed by atoms with Gasteiger partial charge in [-0.25, -0.2) is 0 Å². The van der Waals surface area contributed by atoms with Gasteiger partial charge in [0.05, 0.1) is 11.8 Å². The summed E-state index contributed by atoms with van der Waals surface area (Å²) in [5.74, 6) is 0.120. The Morgan fingerprint density at radius 2 is 2.16 bits per heavy atom. The summed E-state index contributed by atoms with van der Waals surface area (Å²) in [5, 5.41) is 19.3. The third kappa shape index (κ3) is 3.59. The van der Waals surface area contributed by atoms with Crippen LogP contribution in [0, 0.1) is 0 Å². The maximum Gasteiger partial charge on any atom is 0.138 e. The Morgan fingerprint density at radius 1 is 1.42 bits per heavy atom. The van der Waals surface area contributed by atoms with Crippen LogP contribution >= 0.6 is 0 Å². The van der Waals surface area contributed by atoms with Crippen molar-refractivity contribution in [2.45, 2.75) is 25.1 Å². The fourth-order valence-corrected chi connectivity index (χ4v) is 2.70. The molecule has 106 valence electrons. The van der Waals surface area contributed by atoms with Gasteiger partial charge in [0.15, 0.2) is 0 Å². The molecule has 0 radical (unpaired) electrons. The van der Waals surface area contributed by atoms with Crippen LogP contribution in [0.1, 0.15) is 12.0 Å².